The normalized spacial score (nSPS) is 27.5. The molecule has 2 heterocycles. The van der Waals surface area contributed by atoms with Crippen molar-refractivity contribution in [3.63, 3.8) is 0 Å². The lowest BCUT2D eigenvalue weighted by Crippen LogP contribution is -2.59. The number of ketones is 1. The number of hydrogen-bond donors (Lipinski definition) is 2. The van der Waals surface area contributed by atoms with Crippen LogP contribution in [0, 0.1) is 30.6 Å². The summed E-state index contributed by atoms with van der Waals surface area (Å²) in [6.07, 6.45) is 0.716. The number of Topliss-reactive ketones (excluding diaryl/α,β-unsaturated/α-hetero) is 1. The Bertz CT molecular complexity index is 762. The second-order valence-electron chi connectivity index (χ2n) is 8.11. The number of primary amides is 1. The van der Waals surface area contributed by atoms with Crippen molar-refractivity contribution in [3.05, 3.63) is 22.5 Å². The van der Waals surface area contributed by atoms with E-state index in [0.29, 0.717) is 42.0 Å². The summed E-state index contributed by atoms with van der Waals surface area (Å²) in [5.41, 5.74) is 7.47. The Morgan fingerprint density at radius 3 is 2.29 bits per heavy atom. The Labute approximate surface area is 141 Å². The Morgan fingerprint density at radius 1 is 1.25 bits per heavy atom. The molecule has 1 saturated carbocycles. The summed E-state index contributed by atoms with van der Waals surface area (Å²) in [6.45, 7) is 10.2. The van der Waals surface area contributed by atoms with Crippen molar-refractivity contribution in [2.75, 3.05) is 13.1 Å². The summed E-state index contributed by atoms with van der Waals surface area (Å²) in [5, 5.41) is 0. The number of aryl methyl sites for hydroxylation is 1. The molecule has 1 saturated heterocycles. The summed E-state index contributed by atoms with van der Waals surface area (Å²) < 4.78 is 0. The van der Waals surface area contributed by atoms with Crippen molar-refractivity contribution < 1.29 is 14.4 Å². The third kappa shape index (κ3) is 2.05. The molecule has 0 unspecified atom stereocenters. The molecule has 24 heavy (non-hydrogen) atoms. The van der Waals surface area contributed by atoms with Gasteiger partial charge in [0.15, 0.2) is 5.78 Å². The molecule has 1 aliphatic heterocycles. The highest BCUT2D eigenvalue weighted by molar-refractivity contribution is 6.03. The van der Waals surface area contributed by atoms with E-state index in [0.717, 1.165) is 0 Å². The number of aromatic nitrogens is 1. The maximum atomic E-state index is 13.1. The molecule has 3 N–H and O–H groups in total. The summed E-state index contributed by atoms with van der Waals surface area (Å²) >= 11 is 0. The molecule has 6 heteroatoms. The first kappa shape index (κ1) is 16.7. The van der Waals surface area contributed by atoms with Gasteiger partial charge in [-0.2, -0.15) is 0 Å². The quantitative estimate of drug-likeness (QED) is 0.827. The zero-order valence-electron chi connectivity index (χ0n) is 14.9. The molecule has 1 aliphatic carbocycles. The van der Waals surface area contributed by atoms with Crippen LogP contribution in [0.5, 0.6) is 0 Å². The topological polar surface area (TPSA) is 96.3 Å². The van der Waals surface area contributed by atoms with E-state index in [1.165, 1.54) is 6.92 Å². The van der Waals surface area contributed by atoms with Crippen LogP contribution in [0.2, 0.25) is 0 Å². The van der Waals surface area contributed by atoms with Crippen molar-refractivity contribution >= 4 is 17.6 Å². The highest BCUT2D eigenvalue weighted by atomic mass is 16.2. The summed E-state index contributed by atoms with van der Waals surface area (Å²) in [7, 11) is 0. The van der Waals surface area contributed by atoms with E-state index in [1.54, 1.807) is 18.7 Å². The maximum Gasteiger partial charge on any atom is 0.256 e. The number of fused-ring (bicyclic) bond motifs is 1. The van der Waals surface area contributed by atoms with Gasteiger partial charge in [-0.25, -0.2) is 0 Å². The van der Waals surface area contributed by atoms with Gasteiger partial charge in [-0.3, -0.25) is 14.4 Å². The maximum absolute atomic E-state index is 13.1. The second-order valence-corrected chi connectivity index (χ2v) is 8.11. The van der Waals surface area contributed by atoms with E-state index < -0.39 is 5.41 Å². The SMILES string of the molecule is CC(=O)c1[nH]c(C)c(C(=O)N2C[C@@H]3C(C)(C)C[C@]3(C(N)=O)C2)c1C. The summed E-state index contributed by atoms with van der Waals surface area (Å²) in [6, 6.07) is 0. The van der Waals surface area contributed by atoms with Gasteiger partial charge in [-0.15, -0.1) is 0 Å². The Hall–Kier alpha value is -2.11. The molecule has 2 amide bonds. The fraction of sp³-hybridized carbons (Fsp3) is 0.611. The van der Waals surface area contributed by atoms with E-state index in [4.69, 9.17) is 5.73 Å². The van der Waals surface area contributed by atoms with Crippen LogP contribution in [0.1, 0.15) is 59.3 Å². The molecule has 2 fully saturated rings. The molecule has 0 radical (unpaired) electrons. The van der Waals surface area contributed by atoms with Crippen molar-refractivity contribution in [3.8, 4) is 0 Å². The number of nitrogens with two attached hydrogens (primary N) is 1. The Kier molecular flexibility index (Phi) is 3.45. The molecule has 3 rings (SSSR count). The number of carbonyl (C=O) groups excluding carboxylic acids is 3. The number of likely N-dealkylation sites (tertiary alicyclic amines) is 1. The predicted octanol–water partition coefficient (Wildman–Crippen LogP) is 1.81. The van der Waals surface area contributed by atoms with Crippen LogP contribution in [0.25, 0.3) is 0 Å². The predicted molar refractivity (Wildman–Crippen MR) is 89.7 cm³/mol. The third-order valence-electron chi connectivity index (χ3n) is 6.04. The second kappa shape index (κ2) is 4.94. The highest BCUT2D eigenvalue weighted by Crippen LogP contribution is 2.62. The molecule has 0 bridgehead atoms. The van der Waals surface area contributed by atoms with E-state index in [9.17, 15) is 14.4 Å². The largest absolute Gasteiger partial charge is 0.369 e. The minimum Gasteiger partial charge on any atom is -0.369 e. The van der Waals surface area contributed by atoms with Gasteiger partial charge in [0.2, 0.25) is 5.91 Å². The average Bonchev–Trinajstić information content (AvgIpc) is 2.94. The number of rotatable bonds is 3. The van der Waals surface area contributed by atoms with E-state index >= 15 is 0 Å². The zero-order valence-corrected chi connectivity index (χ0v) is 14.9. The lowest BCUT2D eigenvalue weighted by Gasteiger charge is -2.54. The van der Waals surface area contributed by atoms with Gasteiger partial charge in [-0.05, 0) is 37.2 Å². The van der Waals surface area contributed by atoms with Gasteiger partial charge in [0.25, 0.3) is 5.91 Å². The molecule has 130 valence electrons. The molecule has 1 aromatic heterocycles. The van der Waals surface area contributed by atoms with Crippen LogP contribution in [0.15, 0.2) is 0 Å². The fourth-order valence-corrected chi connectivity index (χ4v) is 4.96. The number of H-pyrrole nitrogens is 1. The van der Waals surface area contributed by atoms with Gasteiger partial charge in [0, 0.05) is 25.7 Å². The first-order valence-corrected chi connectivity index (χ1v) is 8.30. The van der Waals surface area contributed by atoms with Gasteiger partial charge in [0.1, 0.15) is 0 Å². The monoisotopic (exact) mass is 331 g/mol. The number of carbonyl (C=O) groups is 3. The molecule has 1 aromatic rings. The Balaban J connectivity index is 1.93. The highest BCUT2D eigenvalue weighted by Gasteiger charge is 2.66. The molecular formula is C18H25N3O3. The lowest BCUT2D eigenvalue weighted by molar-refractivity contribution is -0.148. The van der Waals surface area contributed by atoms with Crippen molar-refractivity contribution in [1.82, 2.24) is 9.88 Å². The van der Waals surface area contributed by atoms with Crippen molar-refractivity contribution in [1.29, 1.82) is 0 Å². The number of amides is 2. The molecule has 0 aromatic carbocycles. The number of aromatic amines is 1. The van der Waals surface area contributed by atoms with Crippen molar-refractivity contribution in [2.24, 2.45) is 22.5 Å². The molecule has 0 spiro atoms. The van der Waals surface area contributed by atoms with Crippen LogP contribution in [-0.4, -0.2) is 40.6 Å². The van der Waals surface area contributed by atoms with E-state index in [1.807, 2.05) is 0 Å². The summed E-state index contributed by atoms with van der Waals surface area (Å²) in [5.74, 6) is -0.433. The third-order valence-corrected chi connectivity index (χ3v) is 6.04. The van der Waals surface area contributed by atoms with Gasteiger partial charge in [-0.1, -0.05) is 13.8 Å². The minimum atomic E-state index is -0.597. The smallest absolute Gasteiger partial charge is 0.256 e. The van der Waals surface area contributed by atoms with Crippen LogP contribution in [-0.2, 0) is 4.79 Å². The van der Waals surface area contributed by atoms with Gasteiger partial charge >= 0.3 is 0 Å². The number of nitrogens with one attached hydrogen (secondary N) is 1. The van der Waals surface area contributed by atoms with Crippen LogP contribution in [0.4, 0.5) is 0 Å². The van der Waals surface area contributed by atoms with Crippen LogP contribution < -0.4 is 5.73 Å². The van der Waals surface area contributed by atoms with Gasteiger partial charge < -0.3 is 15.6 Å². The number of nitrogens with zero attached hydrogens (tertiary/aromatic N) is 1. The molecule has 6 nitrogen and oxygen atoms in total. The molecular weight excluding hydrogens is 306 g/mol. The average molecular weight is 331 g/mol. The number of hydrogen-bond acceptors (Lipinski definition) is 3. The lowest BCUT2D eigenvalue weighted by atomic mass is 9.48. The van der Waals surface area contributed by atoms with Crippen LogP contribution >= 0.6 is 0 Å². The van der Waals surface area contributed by atoms with E-state index in [2.05, 4.69) is 18.8 Å². The first-order chi connectivity index (χ1) is 11.0. The molecule has 2 atom stereocenters. The Morgan fingerprint density at radius 2 is 1.88 bits per heavy atom. The first-order valence-electron chi connectivity index (χ1n) is 8.30. The molecule has 2 aliphatic rings. The van der Waals surface area contributed by atoms with E-state index in [-0.39, 0.29) is 28.9 Å². The van der Waals surface area contributed by atoms with Gasteiger partial charge in [0.05, 0.1) is 16.7 Å². The van der Waals surface area contributed by atoms with Crippen LogP contribution in [0.3, 0.4) is 0 Å². The fourth-order valence-electron chi connectivity index (χ4n) is 4.96. The zero-order chi connectivity index (χ0) is 18.0. The standard InChI is InChI=1S/C18H25N3O3/c1-9-13(10(2)20-14(9)11(3)22)15(23)21-6-12-17(4,5)7-18(12,8-21)16(19)24/h12,20H,6-8H2,1-5H3,(H2,19,24)/t12-,18+/m1/s1. The van der Waals surface area contributed by atoms with Crippen molar-refractivity contribution in [2.45, 2.75) is 41.0 Å². The minimum absolute atomic E-state index is 0.0108. The summed E-state index contributed by atoms with van der Waals surface area (Å²) in [4.78, 5) is 41.5.